The molecule has 2 aromatic carbocycles. The molecule has 1 atom stereocenters. The van der Waals surface area contributed by atoms with Gasteiger partial charge in [0.1, 0.15) is 0 Å². The minimum atomic E-state index is 0.320. The van der Waals surface area contributed by atoms with E-state index in [4.69, 9.17) is 0 Å². The highest BCUT2D eigenvalue weighted by atomic mass is 79.9. The van der Waals surface area contributed by atoms with Crippen LogP contribution in [0.25, 0.3) is 0 Å². The van der Waals surface area contributed by atoms with Gasteiger partial charge in [-0.15, -0.1) is 0 Å². The Labute approximate surface area is 136 Å². The number of hydrogen-bond donors (Lipinski definition) is 1. The molecule has 21 heavy (non-hydrogen) atoms. The van der Waals surface area contributed by atoms with E-state index in [1.54, 1.807) is 0 Å². The van der Waals surface area contributed by atoms with Crippen LogP contribution in [0.1, 0.15) is 30.5 Å². The summed E-state index contributed by atoms with van der Waals surface area (Å²) in [5.41, 5.74) is 5.01. The Morgan fingerprint density at radius 3 is 2.52 bits per heavy atom. The van der Waals surface area contributed by atoms with Crippen molar-refractivity contribution in [2.75, 3.05) is 24.3 Å². The Kier molecular flexibility index (Phi) is 5.29. The van der Waals surface area contributed by atoms with E-state index in [2.05, 4.69) is 96.6 Å². The number of hydrogen-bond acceptors (Lipinski definition) is 2. The normalized spacial score (nSPS) is 12.0. The first-order valence-corrected chi connectivity index (χ1v) is 8.10. The van der Waals surface area contributed by atoms with Gasteiger partial charge in [0.05, 0.1) is 6.04 Å². The Hall–Kier alpha value is -1.48. The number of benzene rings is 2. The first-order valence-electron chi connectivity index (χ1n) is 7.31. The summed E-state index contributed by atoms with van der Waals surface area (Å²) in [6.07, 6.45) is 1.04. The van der Waals surface area contributed by atoms with Crippen molar-refractivity contribution >= 4 is 27.3 Å². The molecule has 0 aliphatic carbocycles. The third kappa shape index (κ3) is 4.01. The molecule has 0 aromatic heterocycles. The molecule has 0 bridgehead atoms. The summed E-state index contributed by atoms with van der Waals surface area (Å²) in [5.74, 6) is 0. The molecule has 0 saturated carbocycles. The van der Waals surface area contributed by atoms with E-state index in [1.807, 2.05) is 0 Å². The van der Waals surface area contributed by atoms with Crippen LogP contribution in [0.15, 0.2) is 46.9 Å². The summed E-state index contributed by atoms with van der Waals surface area (Å²) >= 11 is 3.55. The molecule has 2 rings (SSSR count). The van der Waals surface area contributed by atoms with Crippen LogP contribution in [0, 0.1) is 6.92 Å². The Morgan fingerprint density at radius 2 is 1.90 bits per heavy atom. The van der Waals surface area contributed by atoms with Gasteiger partial charge >= 0.3 is 0 Å². The molecular weight excluding hydrogens is 324 g/mol. The smallest absolute Gasteiger partial charge is 0.0511 e. The zero-order chi connectivity index (χ0) is 15.4. The van der Waals surface area contributed by atoms with E-state index < -0.39 is 0 Å². The molecule has 2 nitrogen and oxygen atoms in total. The van der Waals surface area contributed by atoms with Gasteiger partial charge in [-0.3, -0.25) is 0 Å². The zero-order valence-corrected chi connectivity index (χ0v) is 14.7. The van der Waals surface area contributed by atoms with Gasteiger partial charge in [-0.25, -0.2) is 0 Å². The van der Waals surface area contributed by atoms with Crippen molar-refractivity contribution in [1.82, 2.24) is 0 Å². The lowest BCUT2D eigenvalue weighted by Crippen LogP contribution is -2.13. The van der Waals surface area contributed by atoms with Crippen molar-refractivity contribution in [2.45, 2.75) is 26.3 Å². The predicted molar refractivity (Wildman–Crippen MR) is 96.3 cm³/mol. The molecular formula is C18H23BrN2. The number of nitrogens with one attached hydrogen (secondary N) is 1. The summed E-state index contributed by atoms with van der Waals surface area (Å²) < 4.78 is 1.12. The summed E-state index contributed by atoms with van der Waals surface area (Å²) in [5, 5.41) is 3.65. The highest BCUT2D eigenvalue weighted by Gasteiger charge is 2.10. The van der Waals surface area contributed by atoms with Crippen LogP contribution < -0.4 is 10.2 Å². The Bertz CT molecular complexity index is 608. The number of nitrogens with zero attached hydrogens (tertiary/aromatic N) is 1. The lowest BCUT2D eigenvalue weighted by atomic mass is 10.0. The molecule has 0 saturated heterocycles. The molecule has 0 radical (unpaired) electrons. The second-order valence-corrected chi connectivity index (χ2v) is 6.47. The van der Waals surface area contributed by atoms with E-state index in [-0.39, 0.29) is 0 Å². The number of anilines is 2. The van der Waals surface area contributed by atoms with Gasteiger partial charge in [0.25, 0.3) is 0 Å². The van der Waals surface area contributed by atoms with E-state index in [1.165, 1.54) is 16.8 Å². The maximum atomic E-state index is 3.65. The monoisotopic (exact) mass is 346 g/mol. The van der Waals surface area contributed by atoms with Crippen molar-refractivity contribution in [3.8, 4) is 0 Å². The number of rotatable bonds is 5. The molecule has 0 heterocycles. The zero-order valence-electron chi connectivity index (χ0n) is 13.2. The Morgan fingerprint density at radius 1 is 1.14 bits per heavy atom. The molecule has 112 valence electrons. The second kappa shape index (κ2) is 6.99. The van der Waals surface area contributed by atoms with E-state index in [9.17, 15) is 0 Å². The van der Waals surface area contributed by atoms with Crippen molar-refractivity contribution < 1.29 is 0 Å². The lowest BCUT2D eigenvalue weighted by Gasteiger charge is -2.22. The summed E-state index contributed by atoms with van der Waals surface area (Å²) in [6, 6.07) is 15.4. The summed E-state index contributed by atoms with van der Waals surface area (Å²) in [7, 11) is 4.16. The minimum absolute atomic E-state index is 0.320. The van der Waals surface area contributed by atoms with Gasteiger partial charge in [-0.1, -0.05) is 41.1 Å². The third-order valence-electron chi connectivity index (χ3n) is 3.69. The minimum Gasteiger partial charge on any atom is -0.378 e. The fourth-order valence-corrected chi connectivity index (χ4v) is 2.94. The first-order chi connectivity index (χ1) is 10.0. The van der Waals surface area contributed by atoms with Crippen LogP contribution in [0.4, 0.5) is 11.4 Å². The SMILES string of the molecule is CCC(Nc1ccc(C)c(N(C)C)c1)c1cccc(Br)c1. The largest absolute Gasteiger partial charge is 0.378 e. The highest BCUT2D eigenvalue weighted by molar-refractivity contribution is 9.10. The van der Waals surface area contributed by atoms with Gasteiger partial charge in [0.15, 0.2) is 0 Å². The molecule has 3 heteroatoms. The van der Waals surface area contributed by atoms with Crippen molar-refractivity contribution in [3.63, 3.8) is 0 Å². The van der Waals surface area contributed by atoms with Gasteiger partial charge in [0, 0.05) is 29.9 Å². The van der Waals surface area contributed by atoms with Crippen molar-refractivity contribution in [3.05, 3.63) is 58.1 Å². The van der Waals surface area contributed by atoms with Gasteiger partial charge in [-0.05, 0) is 48.7 Å². The standard InChI is InChI=1S/C18H23BrN2/c1-5-17(14-7-6-8-15(19)11-14)20-16-10-9-13(2)18(12-16)21(3)4/h6-12,17,20H,5H2,1-4H3. The van der Waals surface area contributed by atoms with Crippen molar-refractivity contribution in [2.24, 2.45) is 0 Å². The number of aryl methyl sites for hydroxylation is 1. The second-order valence-electron chi connectivity index (χ2n) is 5.56. The maximum Gasteiger partial charge on any atom is 0.0511 e. The molecule has 0 aliphatic rings. The fraction of sp³-hybridized carbons (Fsp3) is 0.333. The Balaban J connectivity index is 2.25. The summed E-state index contributed by atoms with van der Waals surface area (Å²) in [4.78, 5) is 2.15. The van der Waals surface area contributed by atoms with Crippen molar-refractivity contribution in [1.29, 1.82) is 0 Å². The molecule has 2 aromatic rings. The van der Waals surface area contributed by atoms with Gasteiger partial charge in [0.2, 0.25) is 0 Å². The lowest BCUT2D eigenvalue weighted by molar-refractivity contribution is 0.749. The van der Waals surface area contributed by atoms with Crippen LogP contribution in [0.5, 0.6) is 0 Å². The predicted octanol–water partition coefficient (Wildman–Crippen LogP) is 5.39. The van der Waals surface area contributed by atoms with Gasteiger partial charge in [-0.2, -0.15) is 0 Å². The first kappa shape index (κ1) is 15.9. The van der Waals surface area contributed by atoms with E-state index >= 15 is 0 Å². The van der Waals surface area contributed by atoms with Crippen LogP contribution in [-0.4, -0.2) is 14.1 Å². The quantitative estimate of drug-likeness (QED) is 0.780. The molecule has 0 aliphatic heterocycles. The third-order valence-corrected chi connectivity index (χ3v) is 4.18. The summed E-state index contributed by atoms with van der Waals surface area (Å²) in [6.45, 7) is 4.35. The molecule has 1 unspecified atom stereocenters. The van der Waals surface area contributed by atoms with Crippen LogP contribution in [0.3, 0.4) is 0 Å². The van der Waals surface area contributed by atoms with Crippen LogP contribution in [-0.2, 0) is 0 Å². The average Bonchev–Trinajstić information content (AvgIpc) is 2.46. The van der Waals surface area contributed by atoms with E-state index in [0.29, 0.717) is 6.04 Å². The van der Waals surface area contributed by atoms with Crippen LogP contribution >= 0.6 is 15.9 Å². The average molecular weight is 347 g/mol. The van der Waals surface area contributed by atoms with Crippen LogP contribution in [0.2, 0.25) is 0 Å². The molecule has 0 amide bonds. The molecule has 0 fully saturated rings. The van der Waals surface area contributed by atoms with E-state index in [0.717, 1.165) is 16.6 Å². The topological polar surface area (TPSA) is 15.3 Å². The van der Waals surface area contributed by atoms with Gasteiger partial charge < -0.3 is 10.2 Å². The highest BCUT2D eigenvalue weighted by Crippen LogP contribution is 2.28. The molecule has 1 N–H and O–H groups in total. The molecule has 0 spiro atoms. The fourth-order valence-electron chi connectivity index (χ4n) is 2.53. The number of halogens is 1. The maximum absolute atomic E-state index is 3.65.